The number of nitrogens with two attached hydrogens (primary N) is 1. The van der Waals surface area contributed by atoms with Crippen molar-refractivity contribution >= 4 is 22.6 Å². The van der Waals surface area contributed by atoms with Gasteiger partial charge in [0.2, 0.25) is 5.91 Å². The van der Waals surface area contributed by atoms with E-state index in [4.69, 9.17) is 5.73 Å². The Labute approximate surface area is 133 Å². The van der Waals surface area contributed by atoms with Crippen LogP contribution in [0.5, 0.6) is 5.75 Å². The van der Waals surface area contributed by atoms with Gasteiger partial charge in [0.1, 0.15) is 12.1 Å². The highest BCUT2D eigenvalue weighted by molar-refractivity contribution is 5.96. The first-order valence-corrected chi connectivity index (χ1v) is 6.71. The highest BCUT2D eigenvalue weighted by atomic mass is 19.4. The fourth-order valence-electron chi connectivity index (χ4n) is 2.13. The van der Waals surface area contributed by atoms with Crippen LogP contribution in [0.1, 0.15) is 10.4 Å². The zero-order chi connectivity index (χ0) is 17.3. The normalized spacial score (nSPS) is 11.5. The van der Waals surface area contributed by atoms with Crippen molar-refractivity contribution in [2.75, 3.05) is 5.43 Å². The second-order valence-electron chi connectivity index (χ2n) is 4.87. The summed E-state index contributed by atoms with van der Waals surface area (Å²) in [7, 11) is 0. The molecular formula is C15H11F3N4O2. The topological polar surface area (TPSA) is 82.2 Å². The molecule has 1 aromatic heterocycles. The van der Waals surface area contributed by atoms with E-state index >= 15 is 0 Å². The van der Waals surface area contributed by atoms with Crippen molar-refractivity contribution in [1.29, 1.82) is 0 Å². The number of imidazole rings is 1. The van der Waals surface area contributed by atoms with Gasteiger partial charge in [-0.1, -0.05) is 0 Å². The quantitative estimate of drug-likeness (QED) is 0.767. The van der Waals surface area contributed by atoms with Crippen LogP contribution in [0.3, 0.4) is 0 Å². The van der Waals surface area contributed by atoms with Gasteiger partial charge in [0, 0.05) is 5.56 Å². The van der Waals surface area contributed by atoms with Crippen molar-refractivity contribution in [3.05, 3.63) is 54.4 Å². The standard InChI is InChI=1S/C15H11F3N4O2/c16-15(17,18)24-11-4-2-10(3-5-11)21-22-8-20-12-7-9(14(19)23)1-6-13(12)22/h1-8,21H,(H2,19,23). The molecule has 1 amide bonds. The minimum absolute atomic E-state index is 0.311. The number of carbonyl (C=O) groups excluding carboxylic acids is 1. The summed E-state index contributed by atoms with van der Waals surface area (Å²) in [6.45, 7) is 0. The summed E-state index contributed by atoms with van der Waals surface area (Å²) in [5.74, 6) is -0.866. The van der Waals surface area contributed by atoms with Gasteiger partial charge in [0.25, 0.3) is 0 Å². The lowest BCUT2D eigenvalue weighted by Crippen LogP contribution is -2.17. The number of fused-ring (bicyclic) bond motifs is 1. The Bertz CT molecular complexity index is 888. The number of halogens is 3. The Hall–Kier alpha value is -3.23. The van der Waals surface area contributed by atoms with Crippen molar-refractivity contribution in [2.45, 2.75) is 6.36 Å². The fourth-order valence-corrected chi connectivity index (χ4v) is 2.13. The van der Waals surface area contributed by atoms with E-state index < -0.39 is 12.3 Å². The molecule has 3 rings (SSSR count). The summed E-state index contributed by atoms with van der Waals surface area (Å²) in [5, 5.41) is 0. The average Bonchev–Trinajstić information content (AvgIpc) is 2.90. The Balaban J connectivity index is 1.81. The van der Waals surface area contributed by atoms with Crippen LogP contribution in [-0.4, -0.2) is 21.9 Å². The van der Waals surface area contributed by atoms with E-state index in [1.807, 2.05) is 0 Å². The van der Waals surface area contributed by atoms with E-state index in [9.17, 15) is 18.0 Å². The van der Waals surface area contributed by atoms with Gasteiger partial charge >= 0.3 is 6.36 Å². The van der Waals surface area contributed by atoms with Crippen LogP contribution in [0.25, 0.3) is 11.0 Å². The van der Waals surface area contributed by atoms with Crippen LogP contribution in [-0.2, 0) is 0 Å². The number of nitrogens with zero attached hydrogens (tertiary/aromatic N) is 2. The van der Waals surface area contributed by atoms with Crippen LogP contribution in [0.4, 0.5) is 18.9 Å². The summed E-state index contributed by atoms with van der Waals surface area (Å²) in [4.78, 5) is 15.3. The monoisotopic (exact) mass is 336 g/mol. The minimum Gasteiger partial charge on any atom is -0.406 e. The van der Waals surface area contributed by atoms with Crippen molar-refractivity contribution in [1.82, 2.24) is 9.66 Å². The van der Waals surface area contributed by atoms with E-state index in [1.165, 1.54) is 30.6 Å². The molecule has 0 aliphatic carbocycles. The Morgan fingerprint density at radius 2 is 1.88 bits per heavy atom. The van der Waals surface area contributed by atoms with E-state index in [-0.39, 0.29) is 5.75 Å². The van der Waals surface area contributed by atoms with Gasteiger partial charge < -0.3 is 10.5 Å². The number of amides is 1. The number of anilines is 1. The molecule has 6 nitrogen and oxygen atoms in total. The number of rotatable bonds is 4. The molecule has 0 spiro atoms. The first-order chi connectivity index (χ1) is 11.3. The Kier molecular flexibility index (Phi) is 3.76. The Morgan fingerprint density at radius 3 is 2.50 bits per heavy atom. The number of benzene rings is 2. The first-order valence-electron chi connectivity index (χ1n) is 6.71. The molecule has 0 saturated heterocycles. The van der Waals surface area contributed by atoms with Crippen LogP contribution in [0, 0.1) is 0 Å². The van der Waals surface area contributed by atoms with Crippen LogP contribution in [0.15, 0.2) is 48.8 Å². The van der Waals surface area contributed by atoms with Crippen LogP contribution >= 0.6 is 0 Å². The van der Waals surface area contributed by atoms with Gasteiger partial charge in [-0.15, -0.1) is 13.2 Å². The van der Waals surface area contributed by atoms with E-state index in [2.05, 4.69) is 15.1 Å². The number of primary amides is 1. The molecule has 0 aliphatic rings. The highest BCUT2D eigenvalue weighted by Gasteiger charge is 2.30. The average molecular weight is 336 g/mol. The molecule has 9 heteroatoms. The second-order valence-corrected chi connectivity index (χ2v) is 4.87. The molecule has 0 aliphatic heterocycles. The first kappa shape index (κ1) is 15.7. The summed E-state index contributed by atoms with van der Waals surface area (Å²) in [6.07, 6.45) is -3.25. The summed E-state index contributed by atoms with van der Waals surface area (Å²) >= 11 is 0. The molecule has 0 bridgehead atoms. The Morgan fingerprint density at radius 1 is 1.17 bits per heavy atom. The molecule has 3 N–H and O–H groups in total. The lowest BCUT2D eigenvalue weighted by molar-refractivity contribution is -0.274. The van der Waals surface area contributed by atoms with Crippen molar-refractivity contribution in [3.8, 4) is 5.75 Å². The number of carbonyl (C=O) groups is 1. The molecule has 2 aromatic carbocycles. The van der Waals surface area contributed by atoms with Gasteiger partial charge in [0.05, 0.1) is 16.7 Å². The zero-order valence-electron chi connectivity index (χ0n) is 12.0. The summed E-state index contributed by atoms with van der Waals surface area (Å²) in [6, 6.07) is 10.0. The van der Waals surface area contributed by atoms with Crippen molar-refractivity contribution < 1.29 is 22.7 Å². The largest absolute Gasteiger partial charge is 0.573 e. The van der Waals surface area contributed by atoms with Gasteiger partial charge in [-0.2, -0.15) is 0 Å². The number of hydrogen-bond donors (Lipinski definition) is 2. The SMILES string of the molecule is NC(=O)c1ccc2c(c1)ncn2Nc1ccc(OC(F)(F)F)cc1. The molecule has 1 heterocycles. The van der Waals surface area contributed by atoms with Crippen LogP contribution in [0.2, 0.25) is 0 Å². The molecule has 0 saturated carbocycles. The number of ether oxygens (including phenoxy) is 1. The van der Waals surface area contributed by atoms with Crippen molar-refractivity contribution in [2.24, 2.45) is 5.73 Å². The van der Waals surface area contributed by atoms with Gasteiger partial charge in [-0.25, -0.2) is 9.66 Å². The van der Waals surface area contributed by atoms with Crippen molar-refractivity contribution in [3.63, 3.8) is 0 Å². The molecular weight excluding hydrogens is 325 g/mol. The zero-order valence-corrected chi connectivity index (χ0v) is 12.0. The summed E-state index contributed by atoms with van der Waals surface area (Å²) in [5.41, 5.74) is 10.3. The van der Waals surface area contributed by atoms with Gasteiger partial charge in [0.15, 0.2) is 0 Å². The molecule has 124 valence electrons. The number of aromatic nitrogens is 2. The molecule has 0 fully saturated rings. The second kappa shape index (κ2) is 5.76. The smallest absolute Gasteiger partial charge is 0.406 e. The maximum absolute atomic E-state index is 12.1. The molecule has 0 radical (unpaired) electrons. The van der Waals surface area contributed by atoms with Crippen LogP contribution < -0.4 is 15.9 Å². The number of hydrogen-bond acceptors (Lipinski definition) is 4. The predicted molar refractivity (Wildman–Crippen MR) is 80.4 cm³/mol. The van der Waals surface area contributed by atoms with E-state index in [1.54, 1.807) is 22.9 Å². The molecule has 0 atom stereocenters. The molecule has 24 heavy (non-hydrogen) atoms. The summed E-state index contributed by atoms with van der Waals surface area (Å²) < 4.78 is 41.8. The number of nitrogens with one attached hydrogen (secondary N) is 1. The third-order valence-electron chi connectivity index (χ3n) is 3.17. The van der Waals surface area contributed by atoms with Gasteiger partial charge in [-0.05, 0) is 42.5 Å². The highest BCUT2D eigenvalue weighted by Crippen LogP contribution is 2.24. The molecule has 3 aromatic rings. The minimum atomic E-state index is -4.73. The fraction of sp³-hybridized carbons (Fsp3) is 0.0667. The van der Waals surface area contributed by atoms with E-state index in [0.717, 1.165) is 0 Å². The lowest BCUT2D eigenvalue weighted by Gasteiger charge is -2.11. The molecule has 0 unspecified atom stereocenters. The maximum Gasteiger partial charge on any atom is 0.573 e. The third-order valence-corrected chi connectivity index (χ3v) is 3.17. The number of alkyl halides is 3. The third kappa shape index (κ3) is 3.40. The predicted octanol–water partition coefficient (Wildman–Crippen LogP) is 2.91. The van der Waals surface area contributed by atoms with E-state index in [0.29, 0.717) is 22.3 Å². The lowest BCUT2D eigenvalue weighted by atomic mass is 10.2. The maximum atomic E-state index is 12.1. The van der Waals surface area contributed by atoms with Gasteiger partial charge in [-0.3, -0.25) is 10.2 Å².